The summed E-state index contributed by atoms with van der Waals surface area (Å²) in [7, 11) is 0. The summed E-state index contributed by atoms with van der Waals surface area (Å²) in [5.74, 6) is -0.0377. The molecule has 6 nitrogen and oxygen atoms in total. The minimum absolute atomic E-state index is 0.00705. The maximum absolute atomic E-state index is 12.4. The van der Waals surface area contributed by atoms with E-state index in [4.69, 9.17) is 4.74 Å². The van der Waals surface area contributed by atoms with Gasteiger partial charge in [0.05, 0.1) is 25.4 Å². The van der Waals surface area contributed by atoms with Gasteiger partial charge in [0, 0.05) is 12.8 Å². The molecular formula is C56H109NO5. The Morgan fingerprint density at radius 3 is 1.15 bits per heavy atom. The Kier molecular flexibility index (Phi) is 51.0. The average Bonchev–Trinajstić information content (AvgIpc) is 3.27. The minimum Gasteiger partial charge on any atom is -0.466 e. The van der Waals surface area contributed by atoms with Crippen LogP contribution in [0.25, 0.3) is 0 Å². The summed E-state index contributed by atoms with van der Waals surface area (Å²) >= 11 is 0. The lowest BCUT2D eigenvalue weighted by atomic mass is 10.0. The minimum atomic E-state index is -0.668. The van der Waals surface area contributed by atoms with Gasteiger partial charge < -0.3 is 20.3 Å². The SMILES string of the molecule is CCCCCCCCCCCCCCCCCC(=O)OCCCCCCCCCC/C=C\CCCCCCCCCC(=O)NC(CO)C(O)CCCCCCCCCCCCC. The van der Waals surface area contributed by atoms with Crippen molar-refractivity contribution in [1.82, 2.24) is 5.32 Å². The smallest absolute Gasteiger partial charge is 0.305 e. The molecule has 0 fully saturated rings. The molecule has 0 aromatic rings. The molecule has 0 aromatic heterocycles. The number of allylic oxidation sites excluding steroid dienone is 2. The Balaban J connectivity index is 3.41. The summed E-state index contributed by atoms with van der Waals surface area (Å²) in [5.41, 5.74) is 0. The number of nitrogens with one attached hydrogen (secondary N) is 1. The molecule has 0 aliphatic carbocycles. The molecule has 0 saturated carbocycles. The standard InChI is InChI=1S/C56H109NO5/c1-3-5-7-9-11-13-15-16-22-26-30-34-38-42-46-50-56(61)62-51-47-43-39-35-31-27-24-21-19-17-18-20-23-25-29-33-37-41-45-49-55(60)57-53(52-58)54(59)48-44-40-36-32-28-14-12-10-8-6-4-2/h17-18,53-54,58-59H,3-16,19-52H2,1-2H3,(H,57,60)/b18-17-. The normalized spacial score (nSPS) is 12.6. The fraction of sp³-hybridized carbons (Fsp3) is 0.929. The Hall–Kier alpha value is -1.40. The second-order valence-corrected chi connectivity index (χ2v) is 19.3. The van der Waals surface area contributed by atoms with Crippen LogP contribution in [0.1, 0.15) is 309 Å². The van der Waals surface area contributed by atoms with Gasteiger partial charge in [0.15, 0.2) is 0 Å². The van der Waals surface area contributed by atoms with Crippen molar-refractivity contribution < 1.29 is 24.5 Å². The van der Waals surface area contributed by atoms with Gasteiger partial charge in [-0.2, -0.15) is 0 Å². The van der Waals surface area contributed by atoms with E-state index in [0.29, 0.717) is 25.9 Å². The number of carbonyl (C=O) groups is 2. The Bertz CT molecular complexity index is 924. The van der Waals surface area contributed by atoms with Gasteiger partial charge in [0.25, 0.3) is 0 Å². The van der Waals surface area contributed by atoms with Gasteiger partial charge in [-0.15, -0.1) is 0 Å². The van der Waals surface area contributed by atoms with Gasteiger partial charge in [-0.05, 0) is 51.4 Å². The second kappa shape index (κ2) is 52.2. The van der Waals surface area contributed by atoms with E-state index in [1.54, 1.807) is 0 Å². The summed E-state index contributed by atoms with van der Waals surface area (Å²) in [6, 6.07) is -0.546. The monoisotopic (exact) mass is 876 g/mol. The van der Waals surface area contributed by atoms with Crippen LogP contribution in [0, 0.1) is 0 Å². The molecule has 0 rings (SSSR count). The third kappa shape index (κ3) is 48.1. The lowest BCUT2D eigenvalue weighted by Crippen LogP contribution is -2.45. The van der Waals surface area contributed by atoms with Crippen molar-refractivity contribution in [3.63, 3.8) is 0 Å². The van der Waals surface area contributed by atoms with Crippen LogP contribution in [-0.4, -0.2) is 47.4 Å². The first-order valence-corrected chi connectivity index (χ1v) is 27.9. The number of hydrogen-bond acceptors (Lipinski definition) is 5. The molecule has 3 N–H and O–H groups in total. The number of aliphatic hydroxyl groups excluding tert-OH is 2. The van der Waals surface area contributed by atoms with Gasteiger partial charge >= 0.3 is 5.97 Å². The fourth-order valence-corrected chi connectivity index (χ4v) is 8.75. The third-order valence-corrected chi connectivity index (χ3v) is 13.1. The molecule has 2 unspecified atom stereocenters. The van der Waals surface area contributed by atoms with Crippen molar-refractivity contribution in [3.8, 4) is 0 Å². The van der Waals surface area contributed by atoms with E-state index in [-0.39, 0.29) is 18.5 Å². The van der Waals surface area contributed by atoms with E-state index in [9.17, 15) is 19.8 Å². The largest absolute Gasteiger partial charge is 0.466 e. The van der Waals surface area contributed by atoms with Crippen molar-refractivity contribution in [1.29, 1.82) is 0 Å². The van der Waals surface area contributed by atoms with Crippen molar-refractivity contribution >= 4 is 11.9 Å². The van der Waals surface area contributed by atoms with Crippen LogP contribution in [-0.2, 0) is 14.3 Å². The number of unbranched alkanes of at least 4 members (excludes halogenated alkanes) is 39. The molecule has 6 heteroatoms. The number of hydrogen-bond donors (Lipinski definition) is 3. The van der Waals surface area contributed by atoms with Gasteiger partial charge in [-0.3, -0.25) is 9.59 Å². The Morgan fingerprint density at radius 1 is 0.435 bits per heavy atom. The molecule has 0 heterocycles. The summed E-state index contributed by atoms with van der Waals surface area (Å²) in [6.45, 7) is 4.94. The van der Waals surface area contributed by atoms with Gasteiger partial charge in [-0.25, -0.2) is 0 Å². The molecule has 0 aliphatic rings. The van der Waals surface area contributed by atoms with E-state index in [1.165, 1.54) is 238 Å². The van der Waals surface area contributed by atoms with E-state index < -0.39 is 12.1 Å². The highest BCUT2D eigenvalue weighted by molar-refractivity contribution is 5.76. The number of amides is 1. The predicted octanol–water partition coefficient (Wildman–Crippen LogP) is 16.9. The summed E-state index contributed by atoms with van der Waals surface area (Å²) in [6.07, 6.45) is 60.6. The van der Waals surface area contributed by atoms with E-state index in [0.717, 1.165) is 38.5 Å². The zero-order chi connectivity index (χ0) is 45.1. The summed E-state index contributed by atoms with van der Waals surface area (Å²) in [5, 5.41) is 23.1. The lowest BCUT2D eigenvalue weighted by molar-refractivity contribution is -0.143. The topological polar surface area (TPSA) is 95.9 Å². The molecule has 0 spiro atoms. The highest BCUT2D eigenvalue weighted by atomic mass is 16.5. The van der Waals surface area contributed by atoms with Crippen LogP contribution in [0.3, 0.4) is 0 Å². The molecular weight excluding hydrogens is 767 g/mol. The van der Waals surface area contributed by atoms with Crippen LogP contribution >= 0.6 is 0 Å². The number of rotatable bonds is 52. The van der Waals surface area contributed by atoms with E-state index >= 15 is 0 Å². The summed E-state index contributed by atoms with van der Waals surface area (Å²) < 4.78 is 5.48. The quantitative estimate of drug-likeness (QED) is 0.0321. The second-order valence-electron chi connectivity index (χ2n) is 19.3. The molecule has 0 aliphatic heterocycles. The maximum atomic E-state index is 12.4. The number of ether oxygens (including phenoxy) is 1. The molecule has 0 radical (unpaired) electrons. The highest BCUT2D eigenvalue weighted by Gasteiger charge is 2.20. The first-order chi connectivity index (χ1) is 30.5. The maximum Gasteiger partial charge on any atom is 0.305 e. The van der Waals surface area contributed by atoms with Crippen molar-refractivity contribution in [3.05, 3.63) is 12.2 Å². The molecule has 1 amide bonds. The van der Waals surface area contributed by atoms with Crippen molar-refractivity contribution in [2.45, 2.75) is 321 Å². The van der Waals surface area contributed by atoms with Crippen LogP contribution < -0.4 is 5.32 Å². The lowest BCUT2D eigenvalue weighted by Gasteiger charge is -2.22. The molecule has 0 saturated heterocycles. The van der Waals surface area contributed by atoms with Gasteiger partial charge in [-0.1, -0.05) is 257 Å². The highest BCUT2D eigenvalue weighted by Crippen LogP contribution is 2.17. The average molecular weight is 876 g/mol. The molecule has 62 heavy (non-hydrogen) atoms. The van der Waals surface area contributed by atoms with Crippen LogP contribution in [0.15, 0.2) is 12.2 Å². The Morgan fingerprint density at radius 2 is 0.758 bits per heavy atom. The first-order valence-electron chi connectivity index (χ1n) is 27.9. The molecule has 0 bridgehead atoms. The van der Waals surface area contributed by atoms with Crippen molar-refractivity contribution in [2.75, 3.05) is 13.2 Å². The Labute approximate surface area is 387 Å². The number of carbonyl (C=O) groups excluding carboxylic acids is 2. The first kappa shape index (κ1) is 60.6. The van der Waals surface area contributed by atoms with Gasteiger partial charge in [0.2, 0.25) is 5.91 Å². The van der Waals surface area contributed by atoms with Crippen LogP contribution in [0.4, 0.5) is 0 Å². The zero-order valence-electron chi connectivity index (χ0n) is 41.9. The van der Waals surface area contributed by atoms with Crippen molar-refractivity contribution in [2.24, 2.45) is 0 Å². The summed E-state index contributed by atoms with van der Waals surface area (Å²) in [4.78, 5) is 24.5. The zero-order valence-corrected chi connectivity index (χ0v) is 41.9. The predicted molar refractivity (Wildman–Crippen MR) is 269 cm³/mol. The van der Waals surface area contributed by atoms with Gasteiger partial charge in [0.1, 0.15) is 0 Å². The number of aliphatic hydroxyl groups is 2. The van der Waals surface area contributed by atoms with Crippen LogP contribution in [0.2, 0.25) is 0 Å². The fourth-order valence-electron chi connectivity index (χ4n) is 8.75. The molecule has 0 aromatic carbocycles. The molecule has 368 valence electrons. The van der Waals surface area contributed by atoms with Crippen LogP contribution in [0.5, 0.6) is 0 Å². The number of esters is 1. The van der Waals surface area contributed by atoms with E-state index in [2.05, 4.69) is 31.3 Å². The molecule has 2 atom stereocenters. The third-order valence-electron chi connectivity index (χ3n) is 13.1. The van der Waals surface area contributed by atoms with E-state index in [1.807, 2.05) is 0 Å².